The van der Waals surface area contributed by atoms with E-state index in [1.807, 2.05) is 13.8 Å². The summed E-state index contributed by atoms with van der Waals surface area (Å²) in [6.45, 7) is 3.65. The van der Waals surface area contributed by atoms with Crippen LogP contribution in [-0.2, 0) is 0 Å². The van der Waals surface area contributed by atoms with Gasteiger partial charge in [-0.2, -0.15) is 0 Å². The number of nitrogen functional groups attached to an aromatic ring is 1. The first-order valence-electron chi connectivity index (χ1n) is 6.03. The molecule has 0 bridgehead atoms. The van der Waals surface area contributed by atoms with E-state index in [-0.39, 0.29) is 18.1 Å². The molecule has 0 saturated carbocycles. The van der Waals surface area contributed by atoms with E-state index >= 15 is 0 Å². The maximum Gasteiger partial charge on any atom is 0.311 e. The van der Waals surface area contributed by atoms with Gasteiger partial charge in [0.1, 0.15) is 5.82 Å². The summed E-state index contributed by atoms with van der Waals surface area (Å²) in [5, 5.41) is 23.4. The molecule has 8 heteroatoms. The van der Waals surface area contributed by atoms with Gasteiger partial charge in [0.25, 0.3) is 0 Å². The van der Waals surface area contributed by atoms with Gasteiger partial charge in [-0.25, -0.2) is 10.8 Å². The fraction of sp³-hybridized carbons (Fsp3) is 0.545. The van der Waals surface area contributed by atoms with Crippen LogP contribution in [0.2, 0.25) is 0 Å². The Balaban J connectivity index is 3.19. The van der Waals surface area contributed by atoms with Gasteiger partial charge in [-0.3, -0.25) is 10.1 Å². The number of aromatic nitrogens is 1. The molecule has 19 heavy (non-hydrogen) atoms. The van der Waals surface area contributed by atoms with E-state index < -0.39 is 10.5 Å². The lowest BCUT2D eigenvalue weighted by atomic mass is 9.94. The molecule has 0 aliphatic rings. The first kappa shape index (κ1) is 15.1. The lowest BCUT2D eigenvalue weighted by molar-refractivity contribution is -0.384. The number of nitrogens with one attached hydrogen (secondary N) is 2. The average molecular weight is 269 g/mol. The predicted molar refractivity (Wildman–Crippen MR) is 72.7 cm³/mol. The summed E-state index contributed by atoms with van der Waals surface area (Å²) >= 11 is 0. The molecule has 8 nitrogen and oxygen atoms in total. The van der Waals surface area contributed by atoms with Gasteiger partial charge in [-0.1, -0.05) is 13.8 Å². The van der Waals surface area contributed by atoms with Crippen LogP contribution < -0.4 is 16.6 Å². The van der Waals surface area contributed by atoms with Crippen LogP contribution in [0, 0.1) is 10.1 Å². The number of rotatable bonds is 7. The van der Waals surface area contributed by atoms with E-state index in [1.165, 1.54) is 12.1 Å². The van der Waals surface area contributed by atoms with Crippen molar-refractivity contribution in [3.63, 3.8) is 0 Å². The molecule has 0 fully saturated rings. The number of nitro groups is 1. The van der Waals surface area contributed by atoms with Gasteiger partial charge in [0.05, 0.1) is 17.1 Å². The van der Waals surface area contributed by atoms with Crippen LogP contribution in [0.25, 0.3) is 0 Å². The van der Waals surface area contributed by atoms with E-state index in [0.29, 0.717) is 18.7 Å². The molecule has 0 amide bonds. The summed E-state index contributed by atoms with van der Waals surface area (Å²) in [7, 11) is 0. The van der Waals surface area contributed by atoms with Gasteiger partial charge in [-0.05, 0) is 18.9 Å². The molecule has 1 aromatic heterocycles. The molecule has 0 radical (unpaired) electrons. The topological polar surface area (TPSA) is 126 Å². The van der Waals surface area contributed by atoms with Crippen LogP contribution in [-0.4, -0.2) is 27.2 Å². The van der Waals surface area contributed by atoms with Gasteiger partial charge < -0.3 is 15.8 Å². The zero-order valence-electron chi connectivity index (χ0n) is 11.0. The first-order chi connectivity index (χ1) is 9.01. The van der Waals surface area contributed by atoms with Crippen molar-refractivity contribution in [1.29, 1.82) is 0 Å². The van der Waals surface area contributed by atoms with Gasteiger partial charge in [0.2, 0.25) is 5.82 Å². The van der Waals surface area contributed by atoms with Crippen molar-refractivity contribution in [2.24, 2.45) is 5.84 Å². The molecule has 0 unspecified atom stereocenters. The van der Waals surface area contributed by atoms with E-state index in [4.69, 9.17) is 5.84 Å². The van der Waals surface area contributed by atoms with Gasteiger partial charge in [-0.15, -0.1) is 0 Å². The maximum atomic E-state index is 11.0. The lowest BCUT2D eigenvalue weighted by Gasteiger charge is -2.31. The minimum atomic E-state index is -0.634. The minimum Gasteiger partial charge on any atom is -0.394 e. The zero-order chi connectivity index (χ0) is 14.5. The molecular weight excluding hydrogens is 250 g/mol. The Morgan fingerprint density at radius 3 is 2.53 bits per heavy atom. The number of nitrogens with zero attached hydrogens (tertiary/aromatic N) is 2. The van der Waals surface area contributed by atoms with E-state index in [0.717, 1.165) is 0 Å². The van der Waals surface area contributed by atoms with Crippen molar-refractivity contribution in [2.45, 2.75) is 32.2 Å². The fourth-order valence-electron chi connectivity index (χ4n) is 1.71. The Hall–Kier alpha value is -1.93. The van der Waals surface area contributed by atoms with Crippen molar-refractivity contribution in [1.82, 2.24) is 4.98 Å². The number of anilines is 2. The monoisotopic (exact) mass is 269 g/mol. The molecule has 0 saturated heterocycles. The van der Waals surface area contributed by atoms with Crippen molar-refractivity contribution < 1.29 is 10.0 Å². The molecule has 1 aromatic rings. The second-order valence-corrected chi connectivity index (χ2v) is 4.24. The summed E-state index contributed by atoms with van der Waals surface area (Å²) in [5.74, 6) is 5.65. The summed E-state index contributed by atoms with van der Waals surface area (Å²) in [4.78, 5) is 14.5. The predicted octanol–water partition coefficient (Wildman–Crippen LogP) is 1.24. The van der Waals surface area contributed by atoms with Crippen LogP contribution in [0.4, 0.5) is 17.3 Å². The number of aliphatic hydroxyl groups excluding tert-OH is 1. The van der Waals surface area contributed by atoms with E-state index in [9.17, 15) is 15.2 Å². The highest BCUT2D eigenvalue weighted by molar-refractivity contribution is 5.61. The van der Waals surface area contributed by atoms with Crippen LogP contribution in [0.15, 0.2) is 12.1 Å². The Kier molecular flexibility index (Phi) is 5.02. The number of pyridine rings is 1. The third kappa shape index (κ3) is 3.30. The molecular formula is C11H19N5O3. The molecule has 0 aliphatic carbocycles. The SMILES string of the molecule is CCC(CC)(CO)Nc1nc(NN)ccc1[N+](=O)[O-]. The molecule has 0 aliphatic heterocycles. The zero-order valence-corrected chi connectivity index (χ0v) is 11.0. The third-order valence-electron chi connectivity index (χ3n) is 3.26. The fourth-order valence-corrected chi connectivity index (χ4v) is 1.71. The number of nitrogens with two attached hydrogens (primary N) is 1. The third-order valence-corrected chi connectivity index (χ3v) is 3.26. The van der Waals surface area contributed by atoms with Crippen molar-refractivity contribution in [3.8, 4) is 0 Å². The Morgan fingerprint density at radius 1 is 1.47 bits per heavy atom. The average Bonchev–Trinajstić information content (AvgIpc) is 2.44. The lowest BCUT2D eigenvalue weighted by Crippen LogP contribution is -2.41. The number of aliphatic hydroxyl groups is 1. The first-order valence-corrected chi connectivity index (χ1v) is 6.03. The van der Waals surface area contributed by atoms with Crippen LogP contribution in [0.5, 0.6) is 0 Å². The highest BCUT2D eigenvalue weighted by Gasteiger charge is 2.29. The summed E-state index contributed by atoms with van der Waals surface area (Å²) in [6, 6.07) is 2.74. The minimum absolute atomic E-state index is 0.0956. The number of hydrogen-bond acceptors (Lipinski definition) is 7. The smallest absolute Gasteiger partial charge is 0.311 e. The largest absolute Gasteiger partial charge is 0.394 e. The second-order valence-electron chi connectivity index (χ2n) is 4.24. The number of hydrogen-bond donors (Lipinski definition) is 4. The Labute approximate surface area is 111 Å². The molecule has 0 spiro atoms. The Morgan fingerprint density at radius 2 is 2.11 bits per heavy atom. The highest BCUT2D eigenvalue weighted by Crippen LogP contribution is 2.29. The van der Waals surface area contributed by atoms with Crippen molar-refractivity contribution in [2.75, 3.05) is 17.3 Å². The molecule has 1 rings (SSSR count). The van der Waals surface area contributed by atoms with Gasteiger partial charge >= 0.3 is 5.69 Å². The van der Waals surface area contributed by atoms with Crippen LogP contribution in [0.1, 0.15) is 26.7 Å². The van der Waals surface area contributed by atoms with Crippen molar-refractivity contribution in [3.05, 3.63) is 22.2 Å². The summed E-state index contributed by atoms with van der Waals surface area (Å²) < 4.78 is 0. The Bertz CT molecular complexity index is 440. The standard InChI is InChI=1S/C11H19N5O3/c1-3-11(4-2,7-17)14-10-8(16(18)19)5-6-9(13-10)15-12/h5-6,17H,3-4,7,12H2,1-2H3,(H2,13,14,15). The maximum absolute atomic E-state index is 11.0. The molecule has 0 atom stereocenters. The second kappa shape index (κ2) is 6.30. The summed E-state index contributed by atoms with van der Waals surface area (Å²) in [5.41, 5.74) is 1.55. The van der Waals surface area contributed by atoms with Crippen LogP contribution >= 0.6 is 0 Å². The normalized spacial score (nSPS) is 11.2. The van der Waals surface area contributed by atoms with E-state index in [2.05, 4.69) is 15.7 Å². The molecule has 106 valence electrons. The molecule has 0 aromatic carbocycles. The van der Waals surface area contributed by atoms with Crippen LogP contribution in [0.3, 0.4) is 0 Å². The van der Waals surface area contributed by atoms with E-state index in [1.54, 1.807) is 0 Å². The highest BCUT2D eigenvalue weighted by atomic mass is 16.6. The molecule has 5 N–H and O–H groups in total. The quantitative estimate of drug-likeness (QED) is 0.333. The van der Waals surface area contributed by atoms with Gasteiger partial charge in [0, 0.05) is 6.07 Å². The molecule has 1 heterocycles. The van der Waals surface area contributed by atoms with Gasteiger partial charge in [0.15, 0.2) is 0 Å². The van der Waals surface area contributed by atoms with Crippen molar-refractivity contribution >= 4 is 17.3 Å². The summed E-state index contributed by atoms with van der Waals surface area (Å²) in [6.07, 6.45) is 1.22. The number of hydrazine groups is 1.